The molecule has 0 aromatic carbocycles. The maximum absolute atomic E-state index is 3.90. The molecule has 1 radical (unpaired) electrons. The Hall–Kier alpha value is 0.350. The van der Waals surface area contributed by atoms with Crippen molar-refractivity contribution in [2.75, 3.05) is 5.75 Å². The van der Waals surface area contributed by atoms with Gasteiger partial charge in [-0.2, -0.15) is 11.8 Å². The number of hydrogen-bond acceptors (Lipinski definition) is 1. The van der Waals surface area contributed by atoms with Crippen molar-refractivity contribution in [3.63, 3.8) is 0 Å². The molecule has 0 N–H and O–H groups in total. The highest BCUT2D eigenvalue weighted by molar-refractivity contribution is 7.99. The Morgan fingerprint density at radius 3 is 2.44 bits per heavy atom. The lowest BCUT2D eigenvalue weighted by atomic mass is 10.2. The second kappa shape index (κ2) is 6.47. The predicted molar refractivity (Wildman–Crippen MR) is 46.8 cm³/mol. The summed E-state index contributed by atoms with van der Waals surface area (Å²) >= 11 is 2.04. The van der Waals surface area contributed by atoms with E-state index in [1.165, 1.54) is 18.6 Å². The van der Waals surface area contributed by atoms with Gasteiger partial charge in [-0.25, -0.2) is 0 Å². The molecule has 0 amide bonds. The predicted octanol–water partition coefficient (Wildman–Crippen LogP) is 3.13. The van der Waals surface area contributed by atoms with Gasteiger partial charge in [-0.05, 0) is 18.6 Å². The van der Waals surface area contributed by atoms with Crippen molar-refractivity contribution in [2.45, 2.75) is 38.4 Å². The van der Waals surface area contributed by atoms with Crippen LogP contribution in [0.5, 0.6) is 0 Å². The van der Waals surface area contributed by atoms with Crippen LogP contribution in [0.3, 0.4) is 0 Å². The third-order valence-corrected chi connectivity index (χ3v) is 2.61. The van der Waals surface area contributed by atoms with E-state index in [1.807, 2.05) is 11.8 Å². The average molecular weight is 145 g/mol. The second-order valence-corrected chi connectivity index (χ2v) is 3.73. The molecule has 0 aliphatic rings. The van der Waals surface area contributed by atoms with Crippen molar-refractivity contribution in [3.05, 3.63) is 6.92 Å². The molecule has 0 aromatic heterocycles. The van der Waals surface area contributed by atoms with Gasteiger partial charge < -0.3 is 0 Å². The van der Waals surface area contributed by atoms with Crippen LogP contribution in [0.1, 0.15) is 33.1 Å². The summed E-state index contributed by atoms with van der Waals surface area (Å²) in [6, 6.07) is 0. The van der Waals surface area contributed by atoms with Gasteiger partial charge in [-0.3, -0.25) is 0 Å². The fourth-order valence-corrected chi connectivity index (χ4v) is 1.91. The monoisotopic (exact) mass is 145 g/mol. The molecule has 0 bridgehead atoms. The number of hydrogen-bond donors (Lipinski definition) is 0. The van der Waals surface area contributed by atoms with Gasteiger partial charge in [-0.1, -0.05) is 27.2 Å². The van der Waals surface area contributed by atoms with E-state index in [-0.39, 0.29) is 0 Å². The molecule has 0 aromatic rings. The molecule has 0 spiro atoms. The normalized spacial score (nSPS) is 13.7. The highest BCUT2D eigenvalue weighted by Crippen LogP contribution is 2.18. The Bertz CT molecular complexity index is 46.5. The molecule has 0 nitrogen and oxygen atoms in total. The number of rotatable bonds is 5. The first-order chi connectivity index (χ1) is 4.35. The zero-order valence-corrected chi connectivity index (χ0v) is 7.34. The lowest BCUT2D eigenvalue weighted by Crippen LogP contribution is -1.99. The van der Waals surface area contributed by atoms with Crippen LogP contribution < -0.4 is 0 Å². The molecule has 1 heteroatoms. The Kier molecular flexibility index (Phi) is 6.72. The first-order valence-electron chi connectivity index (χ1n) is 3.76. The molecular weight excluding hydrogens is 128 g/mol. The van der Waals surface area contributed by atoms with Crippen LogP contribution >= 0.6 is 11.8 Å². The standard InChI is InChI=1S/C8H17S/c1-4-7-8(5-2)9-6-3/h8H,2,4-7H2,1,3H3. The lowest BCUT2D eigenvalue weighted by molar-refractivity contribution is 0.745. The van der Waals surface area contributed by atoms with Gasteiger partial charge in [0.15, 0.2) is 0 Å². The van der Waals surface area contributed by atoms with Crippen LogP contribution in [0.4, 0.5) is 0 Å². The summed E-state index contributed by atoms with van der Waals surface area (Å²) in [5.74, 6) is 1.24. The van der Waals surface area contributed by atoms with Gasteiger partial charge in [0, 0.05) is 5.25 Å². The molecule has 1 atom stereocenters. The fraction of sp³-hybridized carbons (Fsp3) is 0.875. The van der Waals surface area contributed by atoms with Crippen LogP contribution in [0, 0.1) is 6.92 Å². The molecule has 9 heavy (non-hydrogen) atoms. The molecule has 55 valence electrons. The summed E-state index contributed by atoms with van der Waals surface area (Å²) in [5.41, 5.74) is 0. The van der Waals surface area contributed by atoms with Crippen molar-refractivity contribution >= 4 is 11.8 Å². The van der Waals surface area contributed by atoms with E-state index in [0.717, 1.165) is 11.7 Å². The quantitative estimate of drug-likeness (QED) is 0.572. The van der Waals surface area contributed by atoms with E-state index in [2.05, 4.69) is 20.8 Å². The topological polar surface area (TPSA) is 0 Å². The first-order valence-corrected chi connectivity index (χ1v) is 4.80. The molecule has 0 aliphatic heterocycles. The molecule has 1 unspecified atom stereocenters. The summed E-state index contributed by atoms with van der Waals surface area (Å²) in [7, 11) is 0. The largest absolute Gasteiger partial charge is 0.159 e. The van der Waals surface area contributed by atoms with Crippen molar-refractivity contribution < 1.29 is 0 Å². The minimum Gasteiger partial charge on any atom is -0.159 e. The van der Waals surface area contributed by atoms with Gasteiger partial charge in [0.05, 0.1) is 0 Å². The Morgan fingerprint density at radius 1 is 1.44 bits per heavy atom. The molecule has 0 rings (SSSR count). The molecule has 0 heterocycles. The van der Waals surface area contributed by atoms with Crippen molar-refractivity contribution in [1.29, 1.82) is 0 Å². The van der Waals surface area contributed by atoms with E-state index in [9.17, 15) is 0 Å². The highest BCUT2D eigenvalue weighted by Gasteiger charge is 2.01. The van der Waals surface area contributed by atoms with Crippen molar-refractivity contribution in [3.8, 4) is 0 Å². The molecule has 0 saturated heterocycles. The number of thioether (sulfide) groups is 1. The third kappa shape index (κ3) is 4.83. The lowest BCUT2D eigenvalue weighted by Gasteiger charge is -2.10. The molecule has 0 aliphatic carbocycles. The average Bonchev–Trinajstić information content (AvgIpc) is 1.88. The zero-order valence-electron chi connectivity index (χ0n) is 6.52. The summed E-state index contributed by atoms with van der Waals surface area (Å²) < 4.78 is 0. The van der Waals surface area contributed by atoms with Gasteiger partial charge in [0.1, 0.15) is 0 Å². The summed E-state index contributed by atoms with van der Waals surface area (Å²) in [4.78, 5) is 0. The van der Waals surface area contributed by atoms with Crippen molar-refractivity contribution in [2.24, 2.45) is 0 Å². The van der Waals surface area contributed by atoms with Crippen LogP contribution in [0.25, 0.3) is 0 Å². The van der Waals surface area contributed by atoms with Gasteiger partial charge in [0.2, 0.25) is 0 Å². The third-order valence-electron chi connectivity index (χ3n) is 1.33. The second-order valence-electron chi connectivity index (χ2n) is 2.15. The maximum atomic E-state index is 3.90. The van der Waals surface area contributed by atoms with Crippen molar-refractivity contribution in [1.82, 2.24) is 0 Å². The molecular formula is C8H17S. The van der Waals surface area contributed by atoms with Crippen LogP contribution in [0.15, 0.2) is 0 Å². The van der Waals surface area contributed by atoms with E-state index >= 15 is 0 Å². The fourth-order valence-electron chi connectivity index (χ4n) is 0.869. The van der Waals surface area contributed by atoms with Gasteiger partial charge >= 0.3 is 0 Å². The minimum atomic E-state index is 0.819. The van der Waals surface area contributed by atoms with Gasteiger partial charge in [-0.15, -0.1) is 0 Å². The van der Waals surface area contributed by atoms with E-state index in [0.29, 0.717) is 0 Å². The SMILES string of the molecule is [CH2]CC(CCC)SCC. The Morgan fingerprint density at radius 2 is 2.11 bits per heavy atom. The smallest absolute Gasteiger partial charge is 0.00468 e. The summed E-state index contributed by atoms with van der Waals surface area (Å²) in [6.45, 7) is 8.35. The molecule has 0 saturated carbocycles. The minimum absolute atomic E-state index is 0.819. The summed E-state index contributed by atoms with van der Waals surface area (Å²) in [5, 5.41) is 0.819. The van der Waals surface area contributed by atoms with E-state index in [4.69, 9.17) is 0 Å². The van der Waals surface area contributed by atoms with E-state index in [1.54, 1.807) is 0 Å². The van der Waals surface area contributed by atoms with E-state index < -0.39 is 0 Å². The molecule has 0 fully saturated rings. The summed E-state index contributed by atoms with van der Waals surface area (Å²) in [6.07, 6.45) is 3.72. The Balaban J connectivity index is 3.18. The highest BCUT2D eigenvalue weighted by atomic mass is 32.2. The maximum Gasteiger partial charge on any atom is 0.00468 e. The van der Waals surface area contributed by atoms with Crippen LogP contribution in [-0.4, -0.2) is 11.0 Å². The van der Waals surface area contributed by atoms with Gasteiger partial charge in [0.25, 0.3) is 0 Å². The first kappa shape index (κ1) is 9.35. The Labute approximate surface area is 63.4 Å². The zero-order chi connectivity index (χ0) is 7.11. The van der Waals surface area contributed by atoms with Crippen LogP contribution in [-0.2, 0) is 0 Å². The van der Waals surface area contributed by atoms with Crippen LogP contribution in [0.2, 0.25) is 0 Å².